The average Bonchev–Trinajstić information content (AvgIpc) is 3.74. The minimum Gasteiger partial charge on any atom is -0.494 e. The van der Waals surface area contributed by atoms with Crippen molar-refractivity contribution in [3.05, 3.63) is 83.0 Å². The van der Waals surface area contributed by atoms with Gasteiger partial charge in [-0.3, -0.25) is 34.1 Å². The highest BCUT2D eigenvalue weighted by molar-refractivity contribution is 6.22. The molecule has 6 amide bonds. The van der Waals surface area contributed by atoms with Crippen molar-refractivity contribution in [3.63, 3.8) is 0 Å². The van der Waals surface area contributed by atoms with E-state index in [4.69, 9.17) is 9.84 Å². The van der Waals surface area contributed by atoms with Crippen molar-refractivity contribution in [2.45, 2.75) is 69.2 Å². The molecule has 1 aliphatic carbocycles. The molecule has 2 atom stereocenters. The van der Waals surface area contributed by atoms with Crippen LogP contribution in [0.5, 0.6) is 5.75 Å². The highest BCUT2D eigenvalue weighted by atomic mass is 19.4. The summed E-state index contributed by atoms with van der Waals surface area (Å²) >= 11 is 0. The number of hydrogen-bond donors (Lipinski definition) is 2. The zero-order valence-electron chi connectivity index (χ0n) is 31.6. The van der Waals surface area contributed by atoms with Gasteiger partial charge in [0.15, 0.2) is 0 Å². The van der Waals surface area contributed by atoms with Gasteiger partial charge in [-0.05, 0) is 86.9 Å². The summed E-state index contributed by atoms with van der Waals surface area (Å²) in [4.78, 5) is 68.6. The highest BCUT2D eigenvalue weighted by Gasteiger charge is 2.45. The number of urea groups is 1. The van der Waals surface area contributed by atoms with Crippen LogP contribution in [-0.4, -0.2) is 99.7 Å². The third kappa shape index (κ3) is 6.80. The Hall–Kier alpha value is -5.97. The van der Waals surface area contributed by atoms with Crippen LogP contribution in [-0.2, 0) is 11.0 Å². The standard InChI is InChI=1S/C41H41F3N8O6/c1-58-35-18-33-25(16-34(35)45-37(54)24-3-2-4-26(15-24)41(42,43)44)20-50(47-33)27-7-5-23(6-8-27)19-48-21-30-10-9-29(48)22-49(30)28-11-12-31-32(17-28)39(56)52(38(31)55)51-14-13-36(53)46-40(51)57/h2-4,11-12,15-18,20,23,27,29-30H,5-10,13-14,19,21-22H2,1H3,(H,45,54)(H,46,53,57)/t23?,27?,29-,30-/m1/s1. The number of piperidine rings is 2. The van der Waals surface area contributed by atoms with Crippen molar-refractivity contribution >= 4 is 51.9 Å². The molecule has 1 saturated carbocycles. The zero-order chi connectivity index (χ0) is 40.5. The van der Waals surface area contributed by atoms with E-state index in [1.165, 1.54) is 19.2 Å². The number of benzene rings is 3. The lowest BCUT2D eigenvalue weighted by molar-refractivity contribution is -0.137. The summed E-state index contributed by atoms with van der Waals surface area (Å²) in [6.07, 6.45) is 3.49. The molecule has 17 heteroatoms. The Morgan fingerprint density at radius 1 is 0.897 bits per heavy atom. The van der Waals surface area contributed by atoms with E-state index in [0.29, 0.717) is 28.9 Å². The lowest BCUT2D eigenvalue weighted by Gasteiger charge is -2.53. The fourth-order valence-electron chi connectivity index (χ4n) is 9.30. The Morgan fingerprint density at radius 2 is 1.66 bits per heavy atom. The summed E-state index contributed by atoms with van der Waals surface area (Å²) in [6.45, 7) is 2.67. The predicted molar refractivity (Wildman–Crippen MR) is 204 cm³/mol. The lowest BCUT2D eigenvalue weighted by Crippen LogP contribution is -2.63. The van der Waals surface area contributed by atoms with Crippen molar-refractivity contribution < 1.29 is 41.9 Å². The molecule has 302 valence electrons. The van der Waals surface area contributed by atoms with E-state index in [0.717, 1.165) is 91.4 Å². The number of nitrogens with zero attached hydrogens (tertiary/aromatic N) is 6. The van der Waals surface area contributed by atoms with Crippen LogP contribution in [0.15, 0.2) is 60.8 Å². The molecule has 0 radical (unpaired) electrons. The number of hydrazine groups is 1. The van der Waals surface area contributed by atoms with Crippen molar-refractivity contribution in [3.8, 4) is 5.75 Å². The number of carbonyl (C=O) groups excluding carboxylic acids is 5. The van der Waals surface area contributed by atoms with E-state index in [2.05, 4.69) is 20.4 Å². The van der Waals surface area contributed by atoms with Gasteiger partial charge in [-0.1, -0.05) is 6.07 Å². The summed E-state index contributed by atoms with van der Waals surface area (Å²) in [5.41, 5.74) is 1.39. The zero-order valence-corrected chi connectivity index (χ0v) is 31.6. The first-order chi connectivity index (χ1) is 27.8. The molecule has 1 aromatic heterocycles. The van der Waals surface area contributed by atoms with Gasteiger partial charge in [-0.25, -0.2) is 9.80 Å². The number of carbonyl (C=O) groups is 5. The van der Waals surface area contributed by atoms with Crippen molar-refractivity contribution in [1.82, 2.24) is 30.0 Å². The number of anilines is 2. The number of amides is 6. The van der Waals surface area contributed by atoms with Gasteiger partial charge in [0.05, 0.1) is 47.6 Å². The van der Waals surface area contributed by atoms with Crippen LogP contribution in [0.1, 0.15) is 87.6 Å². The summed E-state index contributed by atoms with van der Waals surface area (Å²) in [7, 11) is 1.46. The van der Waals surface area contributed by atoms with Gasteiger partial charge >= 0.3 is 12.2 Å². The van der Waals surface area contributed by atoms with Gasteiger partial charge in [0.25, 0.3) is 17.7 Å². The molecular formula is C41H41F3N8O6. The quantitative estimate of drug-likeness (QED) is 0.209. The molecule has 5 aliphatic heterocycles. The number of nitrogens with one attached hydrogen (secondary N) is 2. The molecule has 10 rings (SSSR count). The van der Waals surface area contributed by atoms with Gasteiger partial charge in [0.1, 0.15) is 5.75 Å². The average molecular weight is 799 g/mol. The first-order valence-electron chi connectivity index (χ1n) is 19.5. The largest absolute Gasteiger partial charge is 0.494 e. The first kappa shape index (κ1) is 37.6. The van der Waals surface area contributed by atoms with Crippen LogP contribution >= 0.6 is 0 Å². The third-order valence-electron chi connectivity index (χ3n) is 12.3. The Bertz CT molecular complexity index is 2360. The van der Waals surface area contributed by atoms with E-state index >= 15 is 0 Å². The maximum atomic E-state index is 13.4. The molecule has 3 aromatic carbocycles. The number of alkyl halides is 3. The number of hydrogen-bond acceptors (Lipinski definition) is 9. The molecule has 0 unspecified atom stereocenters. The number of fused-ring (bicyclic) bond motifs is 5. The fraction of sp³-hybridized carbons (Fsp3) is 0.415. The molecule has 4 saturated heterocycles. The molecule has 4 aromatic rings. The third-order valence-corrected chi connectivity index (χ3v) is 12.3. The van der Waals surface area contributed by atoms with Crippen LogP contribution in [0.25, 0.3) is 10.9 Å². The smallest absolute Gasteiger partial charge is 0.416 e. The molecule has 5 fully saturated rings. The second kappa shape index (κ2) is 14.4. The van der Waals surface area contributed by atoms with Gasteiger partial charge in [0, 0.05) is 67.0 Å². The minimum atomic E-state index is -4.57. The summed E-state index contributed by atoms with van der Waals surface area (Å²) in [5, 5.41) is 12.3. The van der Waals surface area contributed by atoms with Crippen molar-refractivity contribution in [1.29, 1.82) is 0 Å². The number of halogens is 3. The van der Waals surface area contributed by atoms with E-state index in [1.807, 2.05) is 16.9 Å². The predicted octanol–water partition coefficient (Wildman–Crippen LogP) is 5.85. The van der Waals surface area contributed by atoms with E-state index in [1.54, 1.807) is 24.3 Å². The summed E-state index contributed by atoms with van der Waals surface area (Å²) in [6, 6.07) is 13.1. The van der Waals surface area contributed by atoms with Gasteiger partial charge < -0.3 is 15.0 Å². The number of aromatic nitrogens is 2. The van der Waals surface area contributed by atoms with Crippen LogP contribution in [0.2, 0.25) is 0 Å². The molecule has 14 nitrogen and oxygen atoms in total. The molecule has 6 aliphatic rings. The fourth-order valence-corrected chi connectivity index (χ4v) is 9.30. The lowest BCUT2D eigenvalue weighted by atomic mass is 9.83. The maximum Gasteiger partial charge on any atom is 0.416 e. The highest BCUT2D eigenvalue weighted by Crippen LogP contribution is 2.40. The van der Waals surface area contributed by atoms with Crippen LogP contribution in [0.4, 0.5) is 29.3 Å². The SMILES string of the molecule is COc1cc2nn(C3CCC(CN4C[C@H]5CC[C@@H]4CN5c4ccc5c(c4)C(=O)N(N4CCC(=O)NC4=O)C5=O)CC3)cc2cc1NC(=O)c1cccc(C(F)(F)F)c1. The Kier molecular flexibility index (Phi) is 9.36. The number of imide groups is 2. The molecule has 2 N–H and O–H groups in total. The van der Waals surface area contributed by atoms with Crippen LogP contribution in [0.3, 0.4) is 0 Å². The monoisotopic (exact) mass is 798 g/mol. The summed E-state index contributed by atoms with van der Waals surface area (Å²) < 4.78 is 47.2. The van der Waals surface area contributed by atoms with E-state index in [-0.39, 0.29) is 41.7 Å². The topological polar surface area (TPSA) is 149 Å². The Balaban J connectivity index is 0.811. The van der Waals surface area contributed by atoms with Crippen molar-refractivity contribution in [2.24, 2.45) is 5.92 Å². The summed E-state index contributed by atoms with van der Waals surface area (Å²) in [5.74, 6) is -1.39. The molecule has 58 heavy (non-hydrogen) atoms. The van der Waals surface area contributed by atoms with E-state index < -0.39 is 41.4 Å². The van der Waals surface area contributed by atoms with E-state index in [9.17, 15) is 37.1 Å². The van der Waals surface area contributed by atoms with Gasteiger partial charge in [-0.2, -0.15) is 23.3 Å². The minimum absolute atomic E-state index is 0.00207. The molecule has 2 bridgehead atoms. The van der Waals surface area contributed by atoms with Crippen LogP contribution < -0.4 is 20.3 Å². The normalized spacial score (nSPS) is 23.8. The molecule has 0 spiro atoms. The number of ether oxygens (including phenoxy) is 1. The maximum absolute atomic E-state index is 13.4. The Labute approximate surface area is 330 Å². The number of methoxy groups -OCH3 is 1. The first-order valence-corrected chi connectivity index (χ1v) is 19.5. The number of piperazine rings is 1. The van der Waals surface area contributed by atoms with Crippen LogP contribution in [0, 0.1) is 5.92 Å². The molecular weight excluding hydrogens is 757 g/mol. The van der Waals surface area contributed by atoms with Gasteiger partial charge in [-0.15, -0.1) is 0 Å². The van der Waals surface area contributed by atoms with Gasteiger partial charge in [0.2, 0.25) is 5.91 Å². The van der Waals surface area contributed by atoms with Crippen molar-refractivity contribution in [2.75, 3.05) is 43.5 Å². The molecule has 6 heterocycles. The second-order valence-electron chi connectivity index (χ2n) is 15.8. The number of rotatable bonds is 8. The Morgan fingerprint density at radius 3 is 2.38 bits per heavy atom. The second-order valence-corrected chi connectivity index (χ2v) is 15.8.